The largest absolute Gasteiger partial charge is 0.364 e. The van der Waals surface area contributed by atoms with Crippen LogP contribution in [0.4, 0.5) is 0 Å². The molecular weight excluding hydrogens is 306 g/mol. The van der Waals surface area contributed by atoms with E-state index in [1.807, 2.05) is 4.90 Å². The van der Waals surface area contributed by atoms with Crippen molar-refractivity contribution in [1.82, 2.24) is 10.2 Å². The van der Waals surface area contributed by atoms with Crippen molar-refractivity contribution in [2.75, 3.05) is 19.6 Å². The molecule has 0 radical (unpaired) electrons. The Bertz CT molecular complexity index is 443. The van der Waals surface area contributed by atoms with Crippen molar-refractivity contribution < 1.29 is 14.3 Å². The van der Waals surface area contributed by atoms with Crippen LogP contribution in [0.3, 0.4) is 0 Å². The number of amides is 2. The van der Waals surface area contributed by atoms with Gasteiger partial charge in [0.25, 0.3) is 5.91 Å². The number of hydrogen-bond donors (Lipinski definition) is 2. The summed E-state index contributed by atoms with van der Waals surface area (Å²) in [5.74, 6) is 0.875. The average molecular weight is 337 g/mol. The third kappa shape index (κ3) is 4.48. The number of hydrogen-bond acceptors (Lipinski definition) is 4. The van der Waals surface area contributed by atoms with Gasteiger partial charge in [-0.15, -0.1) is 0 Å². The van der Waals surface area contributed by atoms with E-state index in [0.717, 1.165) is 25.7 Å². The minimum absolute atomic E-state index is 0.0337. The van der Waals surface area contributed by atoms with Gasteiger partial charge in [0.1, 0.15) is 6.10 Å². The minimum atomic E-state index is -0.313. The quantitative estimate of drug-likeness (QED) is 0.789. The molecule has 1 saturated carbocycles. The van der Waals surface area contributed by atoms with Crippen molar-refractivity contribution in [3.8, 4) is 0 Å². The zero-order valence-corrected chi connectivity index (χ0v) is 14.5. The Hall–Kier alpha value is -1.14. The molecule has 0 aromatic heterocycles. The molecule has 3 rings (SSSR count). The van der Waals surface area contributed by atoms with Crippen molar-refractivity contribution in [2.45, 2.75) is 76.0 Å². The maximum absolute atomic E-state index is 12.5. The summed E-state index contributed by atoms with van der Waals surface area (Å²) >= 11 is 0. The number of nitrogens with one attached hydrogen (secondary N) is 1. The predicted molar refractivity (Wildman–Crippen MR) is 91.3 cm³/mol. The minimum Gasteiger partial charge on any atom is -0.364 e. The smallest absolute Gasteiger partial charge is 0.251 e. The molecule has 2 heterocycles. The first-order chi connectivity index (χ1) is 11.7. The Labute approximate surface area is 144 Å². The van der Waals surface area contributed by atoms with Crippen LogP contribution < -0.4 is 11.1 Å². The monoisotopic (exact) mass is 337 g/mol. The van der Waals surface area contributed by atoms with Crippen molar-refractivity contribution in [3.63, 3.8) is 0 Å². The van der Waals surface area contributed by atoms with E-state index in [-0.39, 0.29) is 30.1 Å². The fraction of sp³-hybridized carbons (Fsp3) is 0.889. The van der Waals surface area contributed by atoms with E-state index in [0.29, 0.717) is 32.0 Å². The number of carbonyl (C=O) groups is 2. The summed E-state index contributed by atoms with van der Waals surface area (Å²) in [6, 6.07) is 0.212. The van der Waals surface area contributed by atoms with Gasteiger partial charge in [-0.25, -0.2) is 0 Å². The summed E-state index contributed by atoms with van der Waals surface area (Å²) in [6.45, 7) is 1.90. The molecule has 3 N–H and O–H groups in total. The molecule has 2 atom stereocenters. The molecule has 0 aromatic rings. The van der Waals surface area contributed by atoms with E-state index in [1.54, 1.807) is 0 Å². The number of nitrogens with zero attached hydrogens (tertiary/aromatic N) is 1. The summed E-state index contributed by atoms with van der Waals surface area (Å²) in [6.07, 6.45) is 8.67. The van der Waals surface area contributed by atoms with Crippen molar-refractivity contribution in [1.29, 1.82) is 0 Å². The van der Waals surface area contributed by atoms with Gasteiger partial charge in [0, 0.05) is 32.1 Å². The van der Waals surface area contributed by atoms with Crippen molar-refractivity contribution in [2.24, 2.45) is 11.7 Å². The molecule has 6 nitrogen and oxygen atoms in total. The number of rotatable bonds is 5. The summed E-state index contributed by atoms with van der Waals surface area (Å²) < 4.78 is 5.71. The van der Waals surface area contributed by atoms with E-state index in [4.69, 9.17) is 10.5 Å². The molecule has 136 valence electrons. The average Bonchev–Trinajstić information content (AvgIpc) is 3.26. The zero-order valence-electron chi connectivity index (χ0n) is 14.5. The third-order valence-corrected chi connectivity index (χ3v) is 5.77. The first-order valence-electron chi connectivity index (χ1n) is 9.59. The van der Waals surface area contributed by atoms with Crippen LogP contribution in [-0.4, -0.2) is 54.6 Å². The first kappa shape index (κ1) is 17.7. The van der Waals surface area contributed by atoms with Gasteiger partial charge < -0.3 is 20.7 Å². The fourth-order valence-corrected chi connectivity index (χ4v) is 4.27. The second-order valence-corrected chi connectivity index (χ2v) is 7.58. The molecule has 0 unspecified atom stereocenters. The van der Waals surface area contributed by atoms with E-state index in [1.165, 1.54) is 25.7 Å². The lowest BCUT2D eigenvalue weighted by molar-refractivity contribution is -0.143. The lowest BCUT2D eigenvalue weighted by atomic mass is 10.0. The van der Waals surface area contributed by atoms with E-state index >= 15 is 0 Å². The second kappa shape index (κ2) is 8.30. The summed E-state index contributed by atoms with van der Waals surface area (Å²) in [5.41, 5.74) is 5.61. The standard InChI is InChI=1S/C18H31N3O3/c19-12-15-5-6-16(24-15)18(23)21-9-7-14(8-10-21)20-17(22)11-13-3-1-2-4-13/h13-16H,1-12,19H2,(H,20,22)/t15-,16+/m1/s1. The topological polar surface area (TPSA) is 84.7 Å². The molecule has 24 heavy (non-hydrogen) atoms. The van der Waals surface area contributed by atoms with Crippen LogP contribution in [0.2, 0.25) is 0 Å². The summed E-state index contributed by atoms with van der Waals surface area (Å²) in [5, 5.41) is 3.17. The molecule has 2 saturated heterocycles. The molecule has 1 aliphatic carbocycles. The molecule has 0 bridgehead atoms. The van der Waals surface area contributed by atoms with Gasteiger partial charge >= 0.3 is 0 Å². The number of nitrogens with two attached hydrogens (primary N) is 1. The van der Waals surface area contributed by atoms with Gasteiger partial charge in [-0.3, -0.25) is 9.59 Å². The number of carbonyl (C=O) groups excluding carboxylic acids is 2. The molecule has 0 spiro atoms. The van der Waals surface area contributed by atoms with Crippen LogP contribution in [0.25, 0.3) is 0 Å². The Morgan fingerprint density at radius 1 is 1.04 bits per heavy atom. The van der Waals surface area contributed by atoms with Crippen LogP contribution in [0.5, 0.6) is 0 Å². The zero-order chi connectivity index (χ0) is 16.9. The highest BCUT2D eigenvalue weighted by Crippen LogP contribution is 2.27. The van der Waals surface area contributed by atoms with Crippen LogP contribution in [0.1, 0.15) is 57.8 Å². The van der Waals surface area contributed by atoms with Crippen LogP contribution in [0, 0.1) is 5.92 Å². The molecule has 2 aliphatic heterocycles. The van der Waals surface area contributed by atoms with E-state index in [9.17, 15) is 9.59 Å². The van der Waals surface area contributed by atoms with E-state index in [2.05, 4.69) is 5.32 Å². The van der Waals surface area contributed by atoms with Gasteiger partial charge in [0.05, 0.1) is 6.10 Å². The van der Waals surface area contributed by atoms with Crippen LogP contribution in [-0.2, 0) is 14.3 Å². The van der Waals surface area contributed by atoms with Crippen LogP contribution in [0.15, 0.2) is 0 Å². The summed E-state index contributed by atoms with van der Waals surface area (Å²) in [7, 11) is 0. The first-order valence-corrected chi connectivity index (χ1v) is 9.59. The second-order valence-electron chi connectivity index (χ2n) is 7.58. The molecule has 6 heteroatoms. The molecule has 2 amide bonds. The highest BCUT2D eigenvalue weighted by atomic mass is 16.5. The highest BCUT2D eigenvalue weighted by molar-refractivity contribution is 5.81. The molecule has 3 aliphatic rings. The van der Waals surface area contributed by atoms with Gasteiger partial charge in [-0.1, -0.05) is 12.8 Å². The highest BCUT2D eigenvalue weighted by Gasteiger charge is 2.34. The third-order valence-electron chi connectivity index (χ3n) is 5.77. The Morgan fingerprint density at radius 2 is 1.75 bits per heavy atom. The maximum Gasteiger partial charge on any atom is 0.251 e. The fourth-order valence-electron chi connectivity index (χ4n) is 4.27. The van der Waals surface area contributed by atoms with Gasteiger partial charge in [0.15, 0.2) is 0 Å². The number of piperidine rings is 1. The predicted octanol–water partition coefficient (Wildman–Crippen LogP) is 1.18. The normalized spacial score (nSPS) is 29.1. The van der Waals surface area contributed by atoms with Crippen molar-refractivity contribution >= 4 is 11.8 Å². The summed E-state index contributed by atoms with van der Waals surface area (Å²) in [4.78, 5) is 26.5. The molecule has 0 aromatic carbocycles. The lowest BCUT2D eigenvalue weighted by Gasteiger charge is -2.34. The Morgan fingerprint density at radius 3 is 2.38 bits per heavy atom. The number of ether oxygens (including phenoxy) is 1. The van der Waals surface area contributed by atoms with Gasteiger partial charge in [0.2, 0.25) is 5.91 Å². The van der Waals surface area contributed by atoms with Crippen molar-refractivity contribution in [3.05, 3.63) is 0 Å². The molecule has 3 fully saturated rings. The lowest BCUT2D eigenvalue weighted by Crippen LogP contribution is -2.49. The van der Waals surface area contributed by atoms with Gasteiger partial charge in [-0.05, 0) is 44.4 Å². The number of likely N-dealkylation sites (tertiary alicyclic amines) is 1. The molecular formula is C18H31N3O3. The van der Waals surface area contributed by atoms with Gasteiger partial charge in [-0.2, -0.15) is 0 Å². The van der Waals surface area contributed by atoms with Crippen LogP contribution >= 0.6 is 0 Å². The Kier molecular flexibility index (Phi) is 6.11. The Balaban J connectivity index is 1.37. The van der Waals surface area contributed by atoms with E-state index < -0.39 is 0 Å². The maximum atomic E-state index is 12.5. The SMILES string of the molecule is NC[C@H]1CC[C@@H](C(=O)N2CCC(NC(=O)CC3CCCC3)CC2)O1.